The molecule has 3 rings (SSSR count). The Balaban J connectivity index is 2.09. The summed E-state index contributed by atoms with van der Waals surface area (Å²) in [6.45, 7) is 1.84. The van der Waals surface area contributed by atoms with Crippen molar-refractivity contribution in [3.8, 4) is 0 Å². The zero-order chi connectivity index (χ0) is 14.3. The van der Waals surface area contributed by atoms with Crippen LogP contribution in [0.2, 0.25) is 0 Å². The molecule has 0 radical (unpaired) electrons. The van der Waals surface area contributed by atoms with Gasteiger partial charge in [-0.1, -0.05) is 12.1 Å². The molecular weight excluding hydrogens is 260 g/mol. The van der Waals surface area contributed by atoms with E-state index in [9.17, 15) is 8.78 Å². The molecule has 0 aliphatic rings. The zero-order valence-electron chi connectivity index (χ0n) is 10.9. The van der Waals surface area contributed by atoms with Gasteiger partial charge in [-0.05, 0) is 42.8 Å². The molecule has 0 bridgehead atoms. The number of aryl methyl sites for hydroxylation is 1. The Labute approximate surface area is 114 Å². The smallest absolute Gasteiger partial charge is 0.134 e. The molecule has 1 atom stereocenters. The van der Waals surface area contributed by atoms with Crippen LogP contribution in [-0.4, -0.2) is 0 Å². The second-order valence-electron chi connectivity index (χ2n) is 4.76. The van der Waals surface area contributed by atoms with E-state index in [4.69, 9.17) is 10.2 Å². The molecule has 0 fully saturated rings. The Morgan fingerprint density at radius 3 is 2.35 bits per heavy atom. The number of benzene rings is 2. The molecule has 0 aliphatic carbocycles. The van der Waals surface area contributed by atoms with Crippen LogP contribution in [0.15, 0.2) is 46.9 Å². The van der Waals surface area contributed by atoms with Crippen LogP contribution in [0.4, 0.5) is 8.78 Å². The van der Waals surface area contributed by atoms with E-state index < -0.39 is 6.04 Å². The van der Waals surface area contributed by atoms with E-state index in [1.807, 2.05) is 6.92 Å². The maximum atomic E-state index is 13.3. The standard InChI is InChI=1S/C16H13F2NO/c1-9-13-8-12(18)6-7-14(13)20-16(9)15(19)10-2-4-11(17)5-3-10/h2-8,15H,19H2,1H3. The van der Waals surface area contributed by atoms with Gasteiger partial charge in [0.1, 0.15) is 23.0 Å². The Bertz CT molecular complexity index is 762. The van der Waals surface area contributed by atoms with Crippen molar-refractivity contribution in [1.82, 2.24) is 0 Å². The Kier molecular flexibility index (Phi) is 3.03. The van der Waals surface area contributed by atoms with Crippen molar-refractivity contribution >= 4 is 11.0 Å². The van der Waals surface area contributed by atoms with E-state index in [-0.39, 0.29) is 11.6 Å². The Morgan fingerprint density at radius 2 is 1.65 bits per heavy atom. The monoisotopic (exact) mass is 273 g/mol. The molecule has 2 aromatic carbocycles. The summed E-state index contributed by atoms with van der Waals surface area (Å²) >= 11 is 0. The summed E-state index contributed by atoms with van der Waals surface area (Å²) in [6.07, 6.45) is 0. The number of hydrogen-bond acceptors (Lipinski definition) is 2. The quantitative estimate of drug-likeness (QED) is 0.764. The van der Waals surface area contributed by atoms with Crippen LogP contribution in [-0.2, 0) is 0 Å². The van der Waals surface area contributed by atoms with Gasteiger partial charge in [-0.2, -0.15) is 0 Å². The predicted molar refractivity (Wildman–Crippen MR) is 73.3 cm³/mol. The van der Waals surface area contributed by atoms with Crippen molar-refractivity contribution in [1.29, 1.82) is 0 Å². The minimum absolute atomic E-state index is 0.315. The molecule has 2 nitrogen and oxygen atoms in total. The molecule has 0 saturated carbocycles. The Morgan fingerprint density at radius 1 is 1.00 bits per heavy atom. The lowest BCUT2D eigenvalue weighted by Gasteiger charge is -2.10. The number of fused-ring (bicyclic) bond motifs is 1. The van der Waals surface area contributed by atoms with Gasteiger partial charge in [0.15, 0.2) is 0 Å². The normalized spacial score (nSPS) is 12.8. The average Bonchev–Trinajstić information content (AvgIpc) is 2.76. The largest absolute Gasteiger partial charge is 0.459 e. The molecular formula is C16H13F2NO. The first-order chi connectivity index (χ1) is 9.56. The highest BCUT2D eigenvalue weighted by Crippen LogP contribution is 2.31. The van der Waals surface area contributed by atoms with E-state index in [1.165, 1.54) is 24.3 Å². The van der Waals surface area contributed by atoms with Crippen LogP contribution in [0.3, 0.4) is 0 Å². The first-order valence-electron chi connectivity index (χ1n) is 6.26. The first-order valence-corrected chi connectivity index (χ1v) is 6.26. The van der Waals surface area contributed by atoms with Crippen molar-refractivity contribution in [3.05, 3.63) is 71.0 Å². The molecule has 4 heteroatoms. The van der Waals surface area contributed by atoms with Crippen LogP contribution in [0.1, 0.15) is 22.9 Å². The van der Waals surface area contributed by atoms with Crippen molar-refractivity contribution in [3.63, 3.8) is 0 Å². The fourth-order valence-electron chi connectivity index (χ4n) is 2.33. The van der Waals surface area contributed by atoms with Crippen LogP contribution < -0.4 is 5.73 Å². The third kappa shape index (κ3) is 2.08. The number of halogens is 2. The zero-order valence-corrected chi connectivity index (χ0v) is 10.9. The van der Waals surface area contributed by atoms with Gasteiger partial charge < -0.3 is 10.2 Å². The molecule has 102 valence electrons. The molecule has 1 unspecified atom stereocenters. The summed E-state index contributed by atoms with van der Waals surface area (Å²) in [5.74, 6) is -0.0649. The molecule has 0 spiro atoms. The van der Waals surface area contributed by atoms with Crippen LogP contribution in [0, 0.1) is 18.6 Å². The summed E-state index contributed by atoms with van der Waals surface area (Å²) in [7, 11) is 0. The van der Waals surface area contributed by atoms with E-state index in [2.05, 4.69) is 0 Å². The topological polar surface area (TPSA) is 39.2 Å². The van der Waals surface area contributed by atoms with Crippen molar-refractivity contribution < 1.29 is 13.2 Å². The SMILES string of the molecule is Cc1c(C(N)c2ccc(F)cc2)oc2ccc(F)cc12. The summed E-state index contributed by atoms with van der Waals surface area (Å²) in [6, 6.07) is 9.79. The van der Waals surface area contributed by atoms with Gasteiger partial charge >= 0.3 is 0 Å². The lowest BCUT2D eigenvalue weighted by Crippen LogP contribution is -2.12. The van der Waals surface area contributed by atoms with Gasteiger partial charge in [-0.15, -0.1) is 0 Å². The highest BCUT2D eigenvalue weighted by Gasteiger charge is 2.19. The van der Waals surface area contributed by atoms with Crippen molar-refractivity contribution in [2.24, 2.45) is 5.73 Å². The van der Waals surface area contributed by atoms with Gasteiger partial charge in [-0.3, -0.25) is 0 Å². The van der Waals surface area contributed by atoms with E-state index in [0.29, 0.717) is 16.7 Å². The van der Waals surface area contributed by atoms with Gasteiger partial charge in [0.25, 0.3) is 0 Å². The van der Waals surface area contributed by atoms with Crippen LogP contribution in [0.5, 0.6) is 0 Å². The minimum Gasteiger partial charge on any atom is -0.459 e. The average molecular weight is 273 g/mol. The van der Waals surface area contributed by atoms with Crippen molar-refractivity contribution in [2.75, 3.05) is 0 Å². The maximum Gasteiger partial charge on any atom is 0.134 e. The number of nitrogens with two attached hydrogens (primary N) is 1. The van der Waals surface area contributed by atoms with Gasteiger partial charge in [0, 0.05) is 10.9 Å². The summed E-state index contributed by atoms with van der Waals surface area (Å²) in [5, 5.41) is 0.706. The summed E-state index contributed by atoms with van der Waals surface area (Å²) in [5.41, 5.74) is 8.30. The van der Waals surface area contributed by atoms with Gasteiger partial charge in [-0.25, -0.2) is 8.78 Å². The highest BCUT2D eigenvalue weighted by molar-refractivity contribution is 5.82. The third-order valence-corrected chi connectivity index (χ3v) is 3.45. The molecule has 0 saturated heterocycles. The lowest BCUT2D eigenvalue weighted by molar-refractivity contribution is 0.520. The second kappa shape index (κ2) is 4.72. The highest BCUT2D eigenvalue weighted by atomic mass is 19.1. The molecule has 0 aliphatic heterocycles. The molecule has 0 amide bonds. The molecule has 3 aromatic rings. The summed E-state index contributed by atoms with van der Waals surface area (Å²) < 4.78 is 31.9. The minimum atomic E-state index is -0.508. The molecule has 1 heterocycles. The predicted octanol–water partition coefficient (Wildman–Crippen LogP) is 4.07. The van der Waals surface area contributed by atoms with Gasteiger partial charge in [0.05, 0.1) is 6.04 Å². The van der Waals surface area contributed by atoms with Crippen LogP contribution in [0.25, 0.3) is 11.0 Å². The van der Waals surface area contributed by atoms with Gasteiger partial charge in [0.2, 0.25) is 0 Å². The number of furan rings is 1. The number of hydrogen-bond donors (Lipinski definition) is 1. The second-order valence-corrected chi connectivity index (χ2v) is 4.76. The fourth-order valence-corrected chi connectivity index (χ4v) is 2.33. The number of rotatable bonds is 2. The summed E-state index contributed by atoms with van der Waals surface area (Å²) in [4.78, 5) is 0. The maximum absolute atomic E-state index is 13.3. The first kappa shape index (κ1) is 12.8. The molecule has 2 N–H and O–H groups in total. The lowest BCUT2D eigenvalue weighted by atomic mass is 10.0. The van der Waals surface area contributed by atoms with Crippen LogP contribution >= 0.6 is 0 Å². The van der Waals surface area contributed by atoms with E-state index >= 15 is 0 Å². The molecule has 20 heavy (non-hydrogen) atoms. The van der Waals surface area contributed by atoms with E-state index in [0.717, 1.165) is 11.1 Å². The molecule has 1 aromatic heterocycles. The fraction of sp³-hybridized carbons (Fsp3) is 0.125. The Hall–Kier alpha value is -2.20. The van der Waals surface area contributed by atoms with E-state index in [1.54, 1.807) is 18.2 Å². The third-order valence-electron chi connectivity index (χ3n) is 3.45. The van der Waals surface area contributed by atoms with Crippen molar-refractivity contribution in [2.45, 2.75) is 13.0 Å².